The second-order valence-electron chi connectivity index (χ2n) is 9.22. The molecule has 174 valence electrons. The number of methoxy groups -OCH3 is 1. The van der Waals surface area contributed by atoms with Gasteiger partial charge in [0.15, 0.2) is 5.78 Å². The first-order chi connectivity index (χ1) is 15.6. The Morgan fingerprint density at radius 2 is 2.06 bits per heavy atom. The number of hydrogen-bond acceptors (Lipinski definition) is 6. The molecule has 1 aliphatic rings. The maximum atomic E-state index is 12.9. The molecule has 0 bridgehead atoms. The van der Waals surface area contributed by atoms with Crippen LogP contribution in [-0.4, -0.2) is 42.6 Å². The van der Waals surface area contributed by atoms with E-state index in [-0.39, 0.29) is 24.3 Å². The van der Waals surface area contributed by atoms with Crippen LogP contribution in [-0.2, 0) is 11.2 Å². The maximum Gasteiger partial charge on any atom is 0.217 e. The molecule has 0 saturated heterocycles. The Labute approximate surface area is 194 Å². The maximum absolute atomic E-state index is 12.9. The number of Topliss-reactive ketones (excluding diaryl/α,β-unsaturated/α-hetero) is 1. The molecular formula is C26H31N3O4. The standard InChI is InChI=1S/C26H31N3O4/c1-16(30)29-22(11-17-6-5-7-18(10-17)14-27)24(31)15-28-23-13-26(2,3)25(32)20-9-8-19(33-4)12-21(20)23/h5-10,12,22-24,28,31H,11,13,15H2,1-4H3,(H,29,30)/t22?,23-,24-/m1/s1. The zero-order valence-corrected chi connectivity index (χ0v) is 19.5. The molecule has 0 aliphatic heterocycles. The van der Waals surface area contributed by atoms with Crippen LogP contribution in [0.4, 0.5) is 0 Å². The van der Waals surface area contributed by atoms with Crippen LogP contribution < -0.4 is 15.4 Å². The van der Waals surface area contributed by atoms with Crippen LogP contribution in [0.2, 0.25) is 0 Å². The first-order valence-corrected chi connectivity index (χ1v) is 11.0. The number of hydrogen-bond donors (Lipinski definition) is 3. The van der Waals surface area contributed by atoms with Gasteiger partial charge in [-0.3, -0.25) is 9.59 Å². The third-order valence-corrected chi connectivity index (χ3v) is 6.15. The van der Waals surface area contributed by atoms with Crippen molar-refractivity contribution >= 4 is 11.7 Å². The van der Waals surface area contributed by atoms with Gasteiger partial charge in [-0.2, -0.15) is 5.26 Å². The summed E-state index contributed by atoms with van der Waals surface area (Å²) in [6.07, 6.45) is 0.0829. The lowest BCUT2D eigenvalue weighted by atomic mass is 9.71. The van der Waals surface area contributed by atoms with Crippen molar-refractivity contribution < 1.29 is 19.4 Å². The van der Waals surface area contributed by atoms with Crippen molar-refractivity contribution in [2.24, 2.45) is 5.41 Å². The summed E-state index contributed by atoms with van der Waals surface area (Å²) in [4.78, 5) is 24.7. The van der Waals surface area contributed by atoms with Gasteiger partial charge in [0.05, 0.1) is 30.9 Å². The number of nitrogens with zero attached hydrogens (tertiary/aromatic N) is 1. The largest absolute Gasteiger partial charge is 0.497 e. The number of aliphatic hydroxyl groups excluding tert-OH is 1. The molecule has 0 fully saturated rings. The number of benzene rings is 2. The van der Waals surface area contributed by atoms with Gasteiger partial charge in [0.2, 0.25) is 5.91 Å². The molecule has 1 amide bonds. The Bertz CT molecular complexity index is 1070. The summed E-state index contributed by atoms with van der Waals surface area (Å²) in [6, 6.07) is 14.0. The van der Waals surface area contributed by atoms with E-state index in [1.54, 1.807) is 37.4 Å². The van der Waals surface area contributed by atoms with E-state index in [1.807, 2.05) is 26.0 Å². The summed E-state index contributed by atoms with van der Waals surface area (Å²) in [5.41, 5.74) is 2.35. The topological polar surface area (TPSA) is 111 Å². The van der Waals surface area contributed by atoms with E-state index >= 15 is 0 Å². The highest BCUT2D eigenvalue weighted by atomic mass is 16.5. The lowest BCUT2D eigenvalue weighted by Crippen LogP contribution is -2.49. The first-order valence-electron chi connectivity index (χ1n) is 11.0. The third-order valence-electron chi connectivity index (χ3n) is 6.15. The molecule has 0 heterocycles. The monoisotopic (exact) mass is 449 g/mol. The van der Waals surface area contributed by atoms with Crippen LogP contribution in [0.25, 0.3) is 0 Å². The van der Waals surface area contributed by atoms with Gasteiger partial charge in [0, 0.05) is 30.5 Å². The van der Waals surface area contributed by atoms with E-state index in [4.69, 9.17) is 10.00 Å². The molecule has 7 heteroatoms. The highest BCUT2D eigenvalue weighted by Crippen LogP contribution is 2.41. The number of nitriles is 1. The van der Waals surface area contributed by atoms with Crippen molar-refractivity contribution in [3.63, 3.8) is 0 Å². The number of ketones is 1. The van der Waals surface area contributed by atoms with Gasteiger partial charge >= 0.3 is 0 Å². The number of fused-ring (bicyclic) bond motifs is 1. The van der Waals surface area contributed by atoms with Crippen molar-refractivity contribution in [2.45, 2.75) is 51.8 Å². The molecule has 0 spiro atoms. The minimum absolute atomic E-state index is 0.0900. The van der Waals surface area contributed by atoms with E-state index in [0.29, 0.717) is 29.7 Å². The minimum Gasteiger partial charge on any atom is -0.497 e. The summed E-state index contributed by atoms with van der Waals surface area (Å²) in [6.45, 7) is 5.48. The Balaban J connectivity index is 1.78. The van der Waals surface area contributed by atoms with Gasteiger partial charge in [0.25, 0.3) is 0 Å². The first kappa shape index (κ1) is 24.4. The predicted molar refractivity (Wildman–Crippen MR) is 125 cm³/mol. The van der Waals surface area contributed by atoms with E-state index in [0.717, 1.165) is 11.1 Å². The van der Waals surface area contributed by atoms with Crippen molar-refractivity contribution in [3.8, 4) is 11.8 Å². The fourth-order valence-corrected chi connectivity index (χ4v) is 4.39. The number of nitrogens with one attached hydrogen (secondary N) is 2. The minimum atomic E-state index is -0.880. The fourth-order valence-electron chi connectivity index (χ4n) is 4.39. The number of amides is 1. The van der Waals surface area contributed by atoms with Gasteiger partial charge in [-0.15, -0.1) is 0 Å². The van der Waals surface area contributed by atoms with Gasteiger partial charge in [-0.05, 0) is 54.3 Å². The van der Waals surface area contributed by atoms with E-state index < -0.39 is 17.6 Å². The van der Waals surface area contributed by atoms with Crippen molar-refractivity contribution in [2.75, 3.05) is 13.7 Å². The van der Waals surface area contributed by atoms with Gasteiger partial charge < -0.3 is 20.5 Å². The number of carbonyl (C=O) groups excluding carboxylic acids is 2. The smallest absolute Gasteiger partial charge is 0.217 e. The Hall–Kier alpha value is -3.21. The lowest BCUT2D eigenvalue weighted by molar-refractivity contribution is -0.120. The highest BCUT2D eigenvalue weighted by Gasteiger charge is 2.39. The average molecular weight is 450 g/mol. The summed E-state index contributed by atoms with van der Waals surface area (Å²) >= 11 is 0. The average Bonchev–Trinajstić information content (AvgIpc) is 2.79. The van der Waals surface area contributed by atoms with Crippen molar-refractivity contribution in [1.82, 2.24) is 10.6 Å². The second kappa shape index (κ2) is 10.2. The fraction of sp³-hybridized carbons (Fsp3) is 0.423. The highest BCUT2D eigenvalue weighted by molar-refractivity contribution is 6.02. The molecule has 0 radical (unpaired) electrons. The molecule has 3 N–H and O–H groups in total. The molecule has 7 nitrogen and oxygen atoms in total. The van der Waals surface area contributed by atoms with Crippen molar-refractivity contribution in [3.05, 3.63) is 64.7 Å². The van der Waals surface area contributed by atoms with E-state index in [2.05, 4.69) is 16.7 Å². The van der Waals surface area contributed by atoms with Crippen LogP contribution in [0.1, 0.15) is 60.3 Å². The number of carbonyl (C=O) groups is 2. The third kappa shape index (κ3) is 5.78. The molecule has 2 aromatic rings. The zero-order valence-electron chi connectivity index (χ0n) is 19.5. The quantitative estimate of drug-likeness (QED) is 0.571. The molecule has 3 atom stereocenters. The molecule has 1 aliphatic carbocycles. The molecular weight excluding hydrogens is 418 g/mol. The van der Waals surface area contributed by atoms with E-state index in [1.165, 1.54) is 6.92 Å². The molecule has 1 unspecified atom stereocenters. The molecule has 0 aromatic heterocycles. The SMILES string of the molecule is COc1ccc2c(c1)[C@H](NC[C@@H](O)C(Cc1cccc(C#N)c1)NC(C)=O)CC(C)(C)C2=O. The second-order valence-corrected chi connectivity index (χ2v) is 9.22. The summed E-state index contributed by atoms with van der Waals surface area (Å²) in [7, 11) is 1.59. The van der Waals surface area contributed by atoms with E-state index in [9.17, 15) is 14.7 Å². The predicted octanol–water partition coefficient (Wildman–Crippen LogP) is 2.92. The summed E-state index contributed by atoms with van der Waals surface area (Å²) in [5, 5.41) is 26.4. The lowest BCUT2D eigenvalue weighted by Gasteiger charge is -2.37. The Morgan fingerprint density at radius 1 is 1.30 bits per heavy atom. The molecule has 33 heavy (non-hydrogen) atoms. The number of aliphatic hydroxyl groups is 1. The number of ether oxygens (including phenoxy) is 1. The molecule has 0 saturated carbocycles. The summed E-state index contributed by atoms with van der Waals surface area (Å²) in [5.74, 6) is 0.518. The van der Waals surface area contributed by atoms with Crippen LogP contribution in [0.3, 0.4) is 0 Å². The van der Waals surface area contributed by atoms with Crippen molar-refractivity contribution in [1.29, 1.82) is 5.26 Å². The summed E-state index contributed by atoms with van der Waals surface area (Å²) < 4.78 is 5.35. The molecule has 2 aromatic carbocycles. The zero-order chi connectivity index (χ0) is 24.2. The molecule has 3 rings (SSSR count). The Morgan fingerprint density at radius 3 is 2.73 bits per heavy atom. The number of rotatable bonds is 8. The van der Waals surface area contributed by atoms with Crippen LogP contribution in [0, 0.1) is 16.7 Å². The normalized spacial score (nSPS) is 18.5. The van der Waals surface area contributed by atoms with Gasteiger partial charge in [-0.1, -0.05) is 26.0 Å². The van der Waals surface area contributed by atoms with Crippen LogP contribution >= 0.6 is 0 Å². The van der Waals surface area contributed by atoms with Crippen LogP contribution in [0.5, 0.6) is 5.75 Å². The van der Waals surface area contributed by atoms with Gasteiger partial charge in [0.1, 0.15) is 5.75 Å². The Kier molecular flexibility index (Phi) is 7.52. The van der Waals surface area contributed by atoms with Gasteiger partial charge in [-0.25, -0.2) is 0 Å². The van der Waals surface area contributed by atoms with Crippen LogP contribution in [0.15, 0.2) is 42.5 Å².